The number of carbonyl (C=O) groups is 2. The van der Waals surface area contributed by atoms with Crippen LogP contribution in [-0.4, -0.2) is 35.0 Å². The van der Waals surface area contributed by atoms with Crippen LogP contribution < -0.4 is 0 Å². The molecule has 1 aliphatic rings. The first-order valence-corrected chi connectivity index (χ1v) is 7.71. The number of aryl methyl sites for hydroxylation is 1. The third kappa shape index (κ3) is 3.13. The van der Waals surface area contributed by atoms with Crippen LogP contribution in [-0.2, 0) is 6.42 Å². The average molecular weight is 313 g/mol. The van der Waals surface area contributed by atoms with Gasteiger partial charge >= 0.3 is 5.97 Å². The van der Waals surface area contributed by atoms with Crippen LogP contribution in [0.4, 0.5) is 0 Å². The van der Waals surface area contributed by atoms with Crippen LogP contribution in [0, 0.1) is 12.8 Å². The van der Waals surface area contributed by atoms with E-state index in [1.807, 2.05) is 17.0 Å². The summed E-state index contributed by atoms with van der Waals surface area (Å²) in [4.78, 5) is 25.6. The molecule has 2 aromatic rings. The lowest BCUT2D eigenvalue weighted by atomic mass is 9.95. The Labute approximate surface area is 134 Å². The van der Waals surface area contributed by atoms with Gasteiger partial charge < -0.3 is 14.4 Å². The summed E-state index contributed by atoms with van der Waals surface area (Å²) in [5, 5.41) is 9.26. The van der Waals surface area contributed by atoms with Crippen LogP contribution >= 0.6 is 0 Å². The zero-order valence-corrected chi connectivity index (χ0v) is 13.0. The first-order chi connectivity index (χ1) is 11.1. The molecule has 5 heteroatoms. The van der Waals surface area contributed by atoms with Crippen molar-refractivity contribution in [1.29, 1.82) is 0 Å². The van der Waals surface area contributed by atoms with Gasteiger partial charge in [0.1, 0.15) is 5.76 Å². The monoisotopic (exact) mass is 313 g/mol. The summed E-state index contributed by atoms with van der Waals surface area (Å²) in [6.45, 7) is 3.13. The van der Waals surface area contributed by atoms with Crippen LogP contribution in [0.3, 0.4) is 0 Å². The summed E-state index contributed by atoms with van der Waals surface area (Å²) < 4.78 is 5.20. The lowest BCUT2D eigenvalue weighted by Gasteiger charge is -2.16. The second-order valence-electron chi connectivity index (χ2n) is 5.96. The Balaban J connectivity index is 1.68. The second kappa shape index (κ2) is 6.28. The van der Waals surface area contributed by atoms with Gasteiger partial charge in [0.05, 0.1) is 17.4 Å². The fourth-order valence-electron chi connectivity index (χ4n) is 3.18. The van der Waals surface area contributed by atoms with Crippen molar-refractivity contribution >= 4 is 11.9 Å². The summed E-state index contributed by atoms with van der Waals surface area (Å²) in [7, 11) is 0. The summed E-state index contributed by atoms with van der Waals surface area (Å²) >= 11 is 0. The number of amides is 1. The Morgan fingerprint density at radius 1 is 1.26 bits per heavy atom. The first kappa shape index (κ1) is 15.3. The van der Waals surface area contributed by atoms with Gasteiger partial charge in [-0.05, 0) is 43.4 Å². The van der Waals surface area contributed by atoms with Crippen molar-refractivity contribution < 1.29 is 19.1 Å². The molecular formula is C18H19NO4. The molecule has 1 amide bonds. The van der Waals surface area contributed by atoms with E-state index < -0.39 is 5.97 Å². The molecule has 23 heavy (non-hydrogen) atoms. The van der Waals surface area contributed by atoms with E-state index in [9.17, 15) is 14.7 Å². The second-order valence-corrected chi connectivity index (χ2v) is 5.96. The third-order valence-corrected chi connectivity index (χ3v) is 4.42. The van der Waals surface area contributed by atoms with Crippen molar-refractivity contribution in [2.24, 2.45) is 5.92 Å². The molecule has 5 nitrogen and oxygen atoms in total. The number of rotatable bonds is 4. The molecule has 0 bridgehead atoms. The molecule has 1 unspecified atom stereocenters. The highest BCUT2D eigenvalue weighted by atomic mass is 16.4. The van der Waals surface area contributed by atoms with Gasteiger partial charge in [0.15, 0.2) is 0 Å². The zero-order valence-electron chi connectivity index (χ0n) is 13.0. The maximum absolute atomic E-state index is 12.5. The molecule has 1 N–H and O–H groups in total. The van der Waals surface area contributed by atoms with Crippen molar-refractivity contribution in [3.63, 3.8) is 0 Å². The van der Waals surface area contributed by atoms with E-state index in [1.54, 1.807) is 25.1 Å². The number of benzene rings is 1. The Bertz CT molecular complexity index is 734. The van der Waals surface area contributed by atoms with Gasteiger partial charge in [0, 0.05) is 13.1 Å². The SMILES string of the molecule is Cc1occc1C(=O)N1CCC(Cc2ccccc2C(=O)O)C1. The lowest BCUT2D eigenvalue weighted by Crippen LogP contribution is -2.29. The number of aromatic carboxylic acids is 1. The lowest BCUT2D eigenvalue weighted by molar-refractivity contribution is 0.0694. The standard InChI is InChI=1S/C18H19NO4/c1-12-15(7-9-23-12)17(20)19-8-6-13(11-19)10-14-4-2-3-5-16(14)18(21)22/h2-5,7,9,13H,6,8,10-11H2,1H3,(H,21,22). The first-order valence-electron chi connectivity index (χ1n) is 7.71. The summed E-state index contributed by atoms with van der Waals surface area (Å²) in [5.74, 6) is 0.00662. The molecule has 3 rings (SSSR count). The largest absolute Gasteiger partial charge is 0.478 e. The minimum atomic E-state index is -0.902. The Kier molecular flexibility index (Phi) is 4.19. The number of carboxylic acid groups (broad SMARTS) is 1. The van der Waals surface area contributed by atoms with Crippen LogP contribution in [0.5, 0.6) is 0 Å². The van der Waals surface area contributed by atoms with Crippen molar-refractivity contribution in [2.75, 3.05) is 13.1 Å². The minimum Gasteiger partial charge on any atom is -0.478 e. The quantitative estimate of drug-likeness (QED) is 0.942. The van der Waals surface area contributed by atoms with Gasteiger partial charge in [-0.2, -0.15) is 0 Å². The van der Waals surface area contributed by atoms with Crippen LogP contribution in [0.1, 0.15) is 38.5 Å². The molecule has 0 saturated carbocycles. The number of hydrogen-bond donors (Lipinski definition) is 1. The Morgan fingerprint density at radius 2 is 2.04 bits per heavy atom. The summed E-state index contributed by atoms with van der Waals surface area (Å²) in [6, 6.07) is 8.77. The highest BCUT2D eigenvalue weighted by molar-refractivity contribution is 5.95. The average Bonchev–Trinajstić information content (AvgIpc) is 3.16. The summed E-state index contributed by atoms with van der Waals surface area (Å²) in [5.41, 5.74) is 1.79. The maximum atomic E-state index is 12.5. The molecule has 1 aromatic heterocycles. The van der Waals surface area contributed by atoms with Crippen molar-refractivity contribution in [2.45, 2.75) is 19.8 Å². The van der Waals surface area contributed by atoms with Crippen LogP contribution in [0.2, 0.25) is 0 Å². The van der Waals surface area contributed by atoms with Gasteiger partial charge in [-0.15, -0.1) is 0 Å². The summed E-state index contributed by atoms with van der Waals surface area (Å²) in [6.07, 6.45) is 3.09. The molecular weight excluding hydrogens is 294 g/mol. The van der Waals surface area contributed by atoms with Gasteiger partial charge in [0.25, 0.3) is 5.91 Å². The molecule has 1 aliphatic heterocycles. The van der Waals surface area contributed by atoms with Crippen molar-refractivity contribution in [3.8, 4) is 0 Å². The Morgan fingerprint density at radius 3 is 2.74 bits per heavy atom. The van der Waals surface area contributed by atoms with E-state index in [-0.39, 0.29) is 11.8 Å². The van der Waals surface area contributed by atoms with Crippen LogP contribution in [0.15, 0.2) is 41.0 Å². The Hall–Kier alpha value is -2.56. The number of likely N-dealkylation sites (tertiary alicyclic amines) is 1. The maximum Gasteiger partial charge on any atom is 0.335 e. The highest BCUT2D eigenvalue weighted by Crippen LogP contribution is 2.25. The van der Waals surface area contributed by atoms with Gasteiger partial charge in [-0.25, -0.2) is 4.79 Å². The van der Waals surface area contributed by atoms with Crippen molar-refractivity contribution in [3.05, 3.63) is 59.0 Å². The molecule has 0 spiro atoms. The molecule has 0 aliphatic carbocycles. The van der Waals surface area contributed by atoms with E-state index in [0.29, 0.717) is 36.4 Å². The zero-order chi connectivity index (χ0) is 16.4. The third-order valence-electron chi connectivity index (χ3n) is 4.42. The smallest absolute Gasteiger partial charge is 0.335 e. The van der Waals surface area contributed by atoms with Crippen LogP contribution in [0.25, 0.3) is 0 Å². The molecule has 2 heterocycles. The molecule has 120 valence electrons. The van der Waals surface area contributed by atoms with E-state index in [4.69, 9.17) is 4.42 Å². The molecule has 1 aromatic carbocycles. The highest BCUT2D eigenvalue weighted by Gasteiger charge is 2.29. The molecule has 1 fully saturated rings. The topological polar surface area (TPSA) is 70.8 Å². The molecule has 1 saturated heterocycles. The number of nitrogens with zero attached hydrogens (tertiary/aromatic N) is 1. The van der Waals surface area contributed by atoms with Gasteiger partial charge in [-0.1, -0.05) is 18.2 Å². The predicted molar refractivity (Wildman–Crippen MR) is 84.6 cm³/mol. The van der Waals surface area contributed by atoms with Gasteiger partial charge in [-0.3, -0.25) is 4.79 Å². The molecule has 1 atom stereocenters. The number of carboxylic acids is 1. The molecule has 0 radical (unpaired) electrons. The van der Waals surface area contributed by atoms with E-state index in [2.05, 4.69) is 0 Å². The number of carbonyl (C=O) groups excluding carboxylic acids is 1. The minimum absolute atomic E-state index is 0.00901. The van der Waals surface area contributed by atoms with E-state index >= 15 is 0 Å². The van der Waals surface area contributed by atoms with E-state index in [0.717, 1.165) is 12.0 Å². The number of hydrogen-bond acceptors (Lipinski definition) is 3. The predicted octanol–water partition coefficient (Wildman–Crippen LogP) is 2.99. The van der Waals surface area contributed by atoms with E-state index in [1.165, 1.54) is 6.26 Å². The number of furan rings is 1. The fourth-order valence-corrected chi connectivity index (χ4v) is 3.18. The normalized spacial score (nSPS) is 17.4. The van der Waals surface area contributed by atoms with Gasteiger partial charge in [0.2, 0.25) is 0 Å². The van der Waals surface area contributed by atoms with Crippen molar-refractivity contribution in [1.82, 2.24) is 4.90 Å². The fraction of sp³-hybridized carbons (Fsp3) is 0.333.